The lowest BCUT2D eigenvalue weighted by molar-refractivity contribution is -0.300. The van der Waals surface area contributed by atoms with Gasteiger partial charge < -0.3 is 28.4 Å². The first-order chi connectivity index (χ1) is 30.9. The minimum atomic E-state index is -4.37. The van der Waals surface area contributed by atoms with Gasteiger partial charge in [-0.15, -0.1) is 0 Å². The molecule has 332 valence electrons. The number of esters is 1. The molecule has 1 aliphatic carbocycles. The molecule has 7 rings (SSSR count). The van der Waals surface area contributed by atoms with E-state index in [4.69, 9.17) is 42.0 Å². The second kappa shape index (κ2) is 23.0. The maximum Gasteiger partial charge on any atom is 0.508 e. The third-order valence-electron chi connectivity index (χ3n) is 10.8. The summed E-state index contributed by atoms with van der Waals surface area (Å²) in [4.78, 5) is 27.5. The zero-order chi connectivity index (χ0) is 43.9. The van der Waals surface area contributed by atoms with E-state index < -0.39 is 57.3 Å². The number of hydrogen-bond donors (Lipinski definition) is 0. The molecule has 0 amide bonds. The van der Waals surface area contributed by atoms with Gasteiger partial charge in [-0.25, -0.2) is 14.2 Å². The molecule has 1 saturated heterocycles. The molecular formula is C50H55O12P. The third kappa shape index (κ3) is 12.3. The summed E-state index contributed by atoms with van der Waals surface area (Å²) in [6, 6.07) is 43.5. The molecule has 5 aromatic carbocycles. The molecule has 12 nitrogen and oxygen atoms in total. The Hall–Kier alpha value is -5.17. The average Bonchev–Trinajstić information content (AvgIpc) is 3.64. The Morgan fingerprint density at radius 3 is 1.63 bits per heavy atom. The molecule has 1 heterocycles. The van der Waals surface area contributed by atoms with E-state index in [2.05, 4.69) is 12.1 Å². The number of ether oxygens (including phenoxy) is 6. The van der Waals surface area contributed by atoms with Crippen LogP contribution in [0.4, 0.5) is 4.79 Å². The van der Waals surface area contributed by atoms with Crippen LogP contribution in [0.2, 0.25) is 0 Å². The van der Waals surface area contributed by atoms with Gasteiger partial charge in [-0.05, 0) is 58.4 Å². The molecule has 13 heteroatoms. The van der Waals surface area contributed by atoms with Gasteiger partial charge in [0.15, 0.2) is 6.10 Å². The SMILES string of the molecule is CCCCOP(=O)(OCCCC)O[C@H]1O[C@H](COC(=O)OCC2c3ccccc3-c3ccccc32)[C@@H](OCc2ccccc2)[C@H](OCc2ccccc2)[C@@H]1OC(=O)c1ccccc1. The summed E-state index contributed by atoms with van der Waals surface area (Å²) in [5, 5.41) is 0. The van der Waals surface area contributed by atoms with Crippen LogP contribution in [0.1, 0.15) is 78.1 Å². The summed E-state index contributed by atoms with van der Waals surface area (Å²) in [5.41, 5.74) is 6.20. The standard InChI is InChI=1S/C50H55O12P/c1-3-5-30-58-63(53,59-31-6-4-2)62-49-47(61-48(51)38-24-14-9-15-25-38)46(55-33-37-22-12-8-13-23-37)45(54-32-36-20-10-7-11-21-36)44(60-49)35-57-50(52)56-34-43-41-28-18-16-26-39(41)40-27-17-19-29-42(40)43/h7-29,43-47,49H,3-6,30-35H2,1-2H3/t44-,45-,46+,47+,49-/m1/s1. The molecule has 1 aliphatic heterocycles. The first-order valence-corrected chi connectivity index (χ1v) is 23.1. The predicted molar refractivity (Wildman–Crippen MR) is 236 cm³/mol. The Morgan fingerprint density at radius 1 is 0.587 bits per heavy atom. The largest absolute Gasteiger partial charge is 0.508 e. The van der Waals surface area contributed by atoms with E-state index in [1.807, 2.05) is 111 Å². The molecule has 0 unspecified atom stereocenters. The molecule has 0 N–H and O–H groups in total. The second-order valence-corrected chi connectivity index (χ2v) is 16.9. The number of hydrogen-bond acceptors (Lipinski definition) is 12. The summed E-state index contributed by atoms with van der Waals surface area (Å²) >= 11 is 0. The van der Waals surface area contributed by atoms with Crippen molar-refractivity contribution in [3.63, 3.8) is 0 Å². The summed E-state index contributed by atoms with van der Waals surface area (Å²) in [6.45, 7) is 3.87. The van der Waals surface area contributed by atoms with Gasteiger partial charge in [0.05, 0.1) is 32.0 Å². The smallest absolute Gasteiger partial charge is 0.450 e. The molecular weight excluding hydrogens is 824 g/mol. The first kappa shape index (κ1) is 45.8. The van der Waals surface area contributed by atoms with Gasteiger partial charge in [-0.1, -0.05) is 154 Å². The molecule has 0 saturated carbocycles. The van der Waals surface area contributed by atoms with Crippen LogP contribution in [0.5, 0.6) is 0 Å². The Bertz CT molecular complexity index is 2180. The number of fused-ring (bicyclic) bond motifs is 3. The number of phosphoric ester groups is 1. The molecule has 1 fully saturated rings. The number of phosphoric acid groups is 1. The highest BCUT2D eigenvalue weighted by atomic mass is 31.2. The van der Waals surface area contributed by atoms with Crippen molar-refractivity contribution >= 4 is 19.9 Å². The molecule has 5 aromatic rings. The molecule has 2 aliphatic rings. The normalized spacial score (nSPS) is 19.5. The lowest BCUT2D eigenvalue weighted by Gasteiger charge is -2.45. The summed E-state index contributed by atoms with van der Waals surface area (Å²) in [7, 11) is -4.37. The first-order valence-electron chi connectivity index (χ1n) is 21.6. The number of benzene rings is 5. The minimum absolute atomic E-state index is 0.0335. The van der Waals surface area contributed by atoms with Crippen molar-refractivity contribution in [3.05, 3.63) is 167 Å². The molecule has 63 heavy (non-hydrogen) atoms. The molecule has 0 radical (unpaired) electrons. The summed E-state index contributed by atoms with van der Waals surface area (Å²) in [5.74, 6) is -0.907. The molecule has 0 spiro atoms. The fraction of sp³-hybridized carbons (Fsp3) is 0.360. The highest BCUT2D eigenvalue weighted by Gasteiger charge is 2.53. The van der Waals surface area contributed by atoms with Crippen LogP contribution < -0.4 is 0 Å². The van der Waals surface area contributed by atoms with E-state index in [1.54, 1.807) is 30.3 Å². The van der Waals surface area contributed by atoms with Crippen molar-refractivity contribution in [1.82, 2.24) is 0 Å². The average molecular weight is 879 g/mol. The van der Waals surface area contributed by atoms with Gasteiger partial charge in [0.2, 0.25) is 6.29 Å². The predicted octanol–water partition coefficient (Wildman–Crippen LogP) is 10.8. The van der Waals surface area contributed by atoms with Crippen molar-refractivity contribution in [1.29, 1.82) is 0 Å². The Morgan fingerprint density at radius 2 is 1.08 bits per heavy atom. The summed E-state index contributed by atoms with van der Waals surface area (Å²) < 4.78 is 70.1. The van der Waals surface area contributed by atoms with E-state index in [1.165, 1.54) is 0 Å². The quantitative estimate of drug-likeness (QED) is 0.0372. The van der Waals surface area contributed by atoms with Gasteiger partial charge in [-0.2, -0.15) is 0 Å². The molecule has 5 atom stereocenters. The number of carbonyl (C=O) groups is 2. The highest BCUT2D eigenvalue weighted by molar-refractivity contribution is 7.48. The van der Waals surface area contributed by atoms with Crippen molar-refractivity contribution in [3.8, 4) is 11.1 Å². The van der Waals surface area contributed by atoms with E-state index in [0.717, 1.165) is 46.2 Å². The lowest BCUT2D eigenvalue weighted by Crippen LogP contribution is -2.62. The van der Waals surface area contributed by atoms with Crippen LogP contribution in [0, 0.1) is 0 Å². The second-order valence-electron chi connectivity index (χ2n) is 15.3. The Kier molecular flexibility index (Phi) is 16.7. The van der Waals surface area contributed by atoms with Crippen LogP contribution in [0.25, 0.3) is 11.1 Å². The van der Waals surface area contributed by atoms with Gasteiger partial charge >= 0.3 is 19.9 Å². The topological polar surface area (TPSA) is 134 Å². The van der Waals surface area contributed by atoms with E-state index >= 15 is 0 Å². The van der Waals surface area contributed by atoms with Crippen LogP contribution in [-0.4, -0.2) is 69.3 Å². The number of carbonyl (C=O) groups excluding carboxylic acids is 2. The van der Waals surface area contributed by atoms with Gasteiger partial charge in [0, 0.05) is 5.92 Å². The van der Waals surface area contributed by atoms with Crippen molar-refractivity contribution < 1.29 is 56.1 Å². The zero-order valence-corrected chi connectivity index (χ0v) is 36.6. The monoisotopic (exact) mass is 878 g/mol. The van der Waals surface area contributed by atoms with E-state index in [0.29, 0.717) is 12.8 Å². The van der Waals surface area contributed by atoms with Gasteiger partial charge in [-0.3, -0.25) is 13.6 Å². The van der Waals surface area contributed by atoms with Crippen LogP contribution in [0.15, 0.2) is 140 Å². The summed E-state index contributed by atoms with van der Waals surface area (Å²) in [6.07, 6.45) is -4.59. The number of rotatable bonds is 22. The van der Waals surface area contributed by atoms with Crippen LogP contribution >= 0.6 is 7.82 Å². The van der Waals surface area contributed by atoms with Crippen LogP contribution in [0.3, 0.4) is 0 Å². The van der Waals surface area contributed by atoms with Crippen LogP contribution in [-0.2, 0) is 59.8 Å². The lowest BCUT2D eigenvalue weighted by atomic mass is 9.98. The third-order valence-corrected chi connectivity index (χ3v) is 12.3. The minimum Gasteiger partial charge on any atom is -0.450 e. The van der Waals surface area contributed by atoms with E-state index in [9.17, 15) is 14.2 Å². The fourth-order valence-electron chi connectivity index (χ4n) is 7.56. The van der Waals surface area contributed by atoms with Crippen molar-refractivity contribution in [2.45, 2.75) is 89.4 Å². The maximum absolute atomic E-state index is 14.5. The van der Waals surface area contributed by atoms with Crippen molar-refractivity contribution in [2.24, 2.45) is 0 Å². The maximum atomic E-state index is 14.5. The van der Waals surface area contributed by atoms with Crippen molar-refractivity contribution in [2.75, 3.05) is 26.4 Å². The number of unbranched alkanes of at least 4 members (excludes halogenated alkanes) is 2. The Labute approximate surface area is 369 Å². The van der Waals surface area contributed by atoms with E-state index in [-0.39, 0.29) is 44.5 Å². The Balaban J connectivity index is 1.20. The highest BCUT2D eigenvalue weighted by Crippen LogP contribution is 2.53. The van der Waals surface area contributed by atoms with Gasteiger partial charge in [0.25, 0.3) is 0 Å². The molecule has 0 bridgehead atoms. The van der Waals surface area contributed by atoms with Gasteiger partial charge in [0.1, 0.15) is 31.5 Å². The fourth-order valence-corrected chi connectivity index (χ4v) is 8.89. The molecule has 0 aromatic heterocycles. The zero-order valence-electron chi connectivity index (χ0n) is 35.7.